The Balaban J connectivity index is 1.56. The number of piperidine rings is 1. The number of fused-ring (bicyclic) bond motifs is 3. The van der Waals surface area contributed by atoms with Crippen LogP contribution in [0.25, 0.3) is 0 Å². The summed E-state index contributed by atoms with van der Waals surface area (Å²) in [6, 6.07) is 1.42. The fraction of sp³-hybridized carbons (Fsp3) is 0.692. The summed E-state index contributed by atoms with van der Waals surface area (Å²) in [6.07, 6.45) is 8.46. The summed E-state index contributed by atoms with van der Waals surface area (Å²) in [6.45, 7) is 3.20. The van der Waals surface area contributed by atoms with Crippen LogP contribution in [0.3, 0.4) is 0 Å². The van der Waals surface area contributed by atoms with E-state index in [0.29, 0.717) is 6.04 Å². The molecule has 3 fully saturated rings. The van der Waals surface area contributed by atoms with E-state index in [1.807, 2.05) is 0 Å². The fourth-order valence-corrected chi connectivity index (χ4v) is 3.65. The molecule has 4 rings (SSSR count). The molecule has 3 heteroatoms. The van der Waals surface area contributed by atoms with Crippen molar-refractivity contribution in [2.45, 2.75) is 31.3 Å². The molecule has 0 aromatic heterocycles. The Morgan fingerprint density at radius 1 is 1.38 bits per heavy atom. The molecule has 1 N–H and O–H groups in total. The molecule has 86 valence electrons. The highest BCUT2D eigenvalue weighted by Crippen LogP contribution is 2.37. The number of allylic oxidation sites excluding steroid dienone is 1. The number of ether oxygens (including phenoxy) is 1. The van der Waals surface area contributed by atoms with Crippen LogP contribution < -0.4 is 5.32 Å². The van der Waals surface area contributed by atoms with Crippen molar-refractivity contribution >= 4 is 0 Å². The lowest BCUT2D eigenvalue weighted by molar-refractivity contribution is 0.211. The fourth-order valence-electron chi connectivity index (χ4n) is 3.65. The van der Waals surface area contributed by atoms with Gasteiger partial charge in [0.1, 0.15) is 5.76 Å². The molecule has 3 aliphatic heterocycles. The van der Waals surface area contributed by atoms with Crippen LogP contribution in [0.2, 0.25) is 0 Å². The predicted octanol–water partition coefficient (Wildman–Crippen LogP) is 1.24. The minimum Gasteiger partial charge on any atom is -0.491 e. The van der Waals surface area contributed by atoms with Gasteiger partial charge in [-0.05, 0) is 30.9 Å². The van der Waals surface area contributed by atoms with Crippen LogP contribution in [-0.4, -0.2) is 36.7 Å². The zero-order valence-electron chi connectivity index (χ0n) is 9.48. The van der Waals surface area contributed by atoms with Gasteiger partial charge in [0.2, 0.25) is 0 Å². The van der Waals surface area contributed by atoms with Crippen LogP contribution in [0.15, 0.2) is 23.6 Å². The Kier molecular flexibility index (Phi) is 1.86. The lowest BCUT2D eigenvalue weighted by Crippen LogP contribution is -2.46. The van der Waals surface area contributed by atoms with E-state index in [-0.39, 0.29) is 0 Å². The highest BCUT2D eigenvalue weighted by molar-refractivity contribution is 5.32. The van der Waals surface area contributed by atoms with E-state index in [1.54, 1.807) is 0 Å². The minimum absolute atomic E-state index is 0.702. The maximum Gasteiger partial charge on any atom is 0.138 e. The standard InChI is InChI=1S/C13H18N2O/c1-3-15(8-13-10(1)2-4-16-13)12-6-9-5-11(12)14-7-9/h1,8-9,11-12,14H,2-7H2. The average Bonchev–Trinajstić information content (AvgIpc) is 3.03. The highest BCUT2D eigenvalue weighted by atomic mass is 16.5. The molecule has 0 aromatic rings. The predicted molar refractivity (Wildman–Crippen MR) is 61.7 cm³/mol. The van der Waals surface area contributed by atoms with Gasteiger partial charge in [-0.3, -0.25) is 0 Å². The van der Waals surface area contributed by atoms with Gasteiger partial charge in [-0.25, -0.2) is 0 Å². The normalized spacial score (nSPS) is 40.5. The van der Waals surface area contributed by atoms with Crippen molar-refractivity contribution < 1.29 is 4.74 Å². The molecule has 4 aliphatic rings. The summed E-state index contributed by atoms with van der Waals surface area (Å²) in [7, 11) is 0. The zero-order chi connectivity index (χ0) is 10.5. The molecular formula is C13H18N2O. The van der Waals surface area contributed by atoms with Gasteiger partial charge in [0.15, 0.2) is 0 Å². The number of hydrogen-bond donors (Lipinski definition) is 1. The second-order valence-electron chi connectivity index (χ2n) is 5.44. The van der Waals surface area contributed by atoms with Gasteiger partial charge >= 0.3 is 0 Å². The van der Waals surface area contributed by atoms with E-state index in [1.165, 1.54) is 25.0 Å². The first-order chi connectivity index (χ1) is 7.90. The van der Waals surface area contributed by atoms with Gasteiger partial charge in [0, 0.05) is 31.2 Å². The van der Waals surface area contributed by atoms with E-state index in [0.717, 1.165) is 37.3 Å². The molecule has 2 bridgehead atoms. The summed E-state index contributed by atoms with van der Waals surface area (Å²) in [4.78, 5) is 2.49. The Morgan fingerprint density at radius 2 is 2.38 bits per heavy atom. The van der Waals surface area contributed by atoms with Crippen molar-refractivity contribution in [3.63, 3.8) is 0 Å². The first-order valence-corrected chi connectivity index (χ1v) is 6.43. The van der Waals surface area contributed by atoms with Crippen molar-refractivity contribution in [1.29, 1.82) is 0 Å². The van der Waals surface area contributed by atoms with Crippen LogP contribution in [-0.2, 0) is 4.74 Å². The van der Waals surface area contributed by atoms with Gasteiger partial charge < -0.3 is 15.0 Å². The maximum atomic E-state index is 5.66. The average molecular weight is 218 g/mol. The summed E-state index contributed by atoms with van der Waals surface area (Å²) in [5.74, 6) is 2.05. The quantitative estimate of drug-likeness (QED) is 0.716. The largest absolute Gasteiger partial charge is 0.491 e. The molecule has 0 spiro atoms. The minimum atomic E-state index is 0.702. The molecule has 16 heavy (non-hydrogen) atoms. The highest BCUT2D eigenvalue weighted by Gasteiger charge is 2.42. The third kappa shape index (κ3) is 1.24. The Hall–Kier alpha value is -0.960. The number of hydrogen-bond acceptors (Lipinski definition) is 3. The molecule has 3 heterocycles. The maximum absolute atomic E-state index is 5.66. The van der Waals surface area contributed by atoms with Crippen molar-refractivity contribution in [2.24, 2.45) is 5.92 Å². The Morgan fingerprint density at radius 3 is 3.19 bits per heavy atom. The van der Waals surface area contributed by atoms with Crippen molar-refractivity contribution in [1.82, 2.24) is 10.2 Å². The summed E-state index contributed by atoms with van der Waals surface area (Å²) in [5, 5.41) is 3.63. The molecule has 2 saturated heterocycles. The van der Waals surface area contributed by atoms with Gasteiger partial charge in [0.05, 0.1) is 6.61 Å². The smallest absolute Gasteiger partial charge is 0.138 e. The second-order valence-corrected chi connectivity index (χ2v) is 5.44. The van der Waals surface area contributed by atoms with Crippen molar-refractivity contribution in [2.75, 3.05) is 19.7 Å². The van der Waals surface area contributed by atoms with Gasteiger partial charge in [0.25, 0.3) is 0 Å². The van der Waals surface area contributed by atoms with Crippen LogP contribution in [0.4, 0.5) is 0 Å². The third-order valence-corrected chi connectivity index (χ3v) is 4.50. The monoisotopic (exact) mass is 218 g/mol. The number of nitrogens with zero attached hydrogens (tertiary/aromatic N) is 1. The molecule has 1 saturated carbocycles. The summed E-state index contributed by atoms with van der Waals surface area (Å²) < 4.78 is 5.66. The molecular weight excluding hydrogens is 200 g/mol. The van der Waals surface area contributed by atoms with Crippen LogP contribution in [0, 0.1) is 5.92 Å². The van der Waals surface area contributed by atoms with E-state index >= 15 is 0 Å². The van der Waals surface area contributed by atoms with E-state index in [4.69, 9.17) is 4.74 Å². The first kappa shape index (κ1) is 9.11. The zero-order valence-corrected chi connectivity index (χ0v) is 9.48. The lowest BCUT2D eigenvalue weighted by Gasteiger charge is -2.35. The van der Waals surface area contributed by atoms with Gasteiger partial charge in [-0.1, -0.05) is 6.08 Å². The molecule has 3 unspecified atom stereocenters. The SMILES string of the molecule is C1=C2CCOC2=CN(C2CC3CNC2C3)C1. The molecule has 1 aliphatic carbocycles. The Labute approximate surface area is 96.1 Å². The van der Waals surface area contributed by atoms with Crippen LogP contribution in [0.5, 0.6) is 0 Å². The molecule has 0 radical (unpaired) electrons. The van der Waals surface area contributed by atoms with Crippen molar-refractivity contribution in [3.05, 3.63) is 23.6 Å². The van der Waals surface area contributed by atoms with Crippen LogP contribution >= 0.6 is 0 Å². The first-order valence-electron chi connectivity index (χ1n) is 6.43. The molecule has 0 amide bonds. The Bertz CT molecular complexity index is 374. The summed E-state index contributed by atoms with van der Waals surface area (Å²) >= 11 is 0. The van der Waals surface area contributed by atoms with E-state index in [9.17, 15) is 0 Å². The molecule has 0 aromatic carbocycles. The lowest BCUT2D eigenvalue weighted by atomic mass is 10.0. The van der Waals surface area contributed by atoms with E-state index in [2.05, 4.69) is 22.5 Å². The number of nitrogens with one attached hydrogen (secondary N) is 1. The molecule has 3 nitrogen and oxygen atoms in total. The van der Waals surface area contributed by atoms with Crippen LogP contribution in [0.1, 0.15) is 19.3 Å². The molecule has 3 atom stereocenters. The van der Waals surface area contributed by atoms with E-state index < -0.39 is 0 Å². The van der Waals surface area contributed by atoms with Gasteiger partial charge in [-0.15, -0.1) is 0 Å². The van der Waals surface area contributed by atoms with Crippen molar-refractivity contribution in [3.8, 4) is 0 Å². The number of rotatable bonds is 1. The third-order valence-electron chi connectivity index (χ3n) is 4.50. The second kappa shape index (κ2) is 3.27. The topological polar surface area (TPSA) is 24.5 Å². The summed E-state index contributed by atoms with van der Waals surface area (Å²) in [5.41, 5.74) is 1.42. The van der Waals surface area contributed by atoms with Gasteiger partial charge in [-0.2, -0.15) is 0 Å².